The lowest BCUT2D eigenvalue weighted by Crippen LogP contribution is -2.50. The Bertz CT molecular complexity index is 3030. The highest BCUT2D eigenvalue weighted by atomic mass is 16.7. The number of aromatic hydroxyl groups is 1. The lowest BCUT2D eigenvalue weighted by Gasteiger charge is -2.35. The molecule has 406 valence electrons. The average molecular weight is 1050 g/mol. The summed E-state index contributed by atoms with van der Waals surface area (Å²) in [6, 6.07) is 12.0. The van der Waals surface area contributed by atoms with Crippen molar-refractivity contribution < 1.29 is 57.6 Å². The molecule has 23 nitrogen and oxygen atoms in total. The number of anilines is 1. The molecule has 7 N–H and O–H groups in total. The van der Waals surface area contributed by atoms with Gasteiger partial charge in [0.25, 0.3) is 5.56 Å². The number of nitrogens with two attached hydrogens (primary N) is 1. The third-order valence-corrected chi connectivity index (χ3v) is 13.2. The van der Waals surface area contributed by atoms with E-state index in [2.05, 4.69) is 31.6 Å². The number of carbonyl (C=O) groups excluding carboxylic acids is 6. The van der Waals surface area contributed by atoms with Crippen LogP contribution in [0.4, 0.5) is 10.5 Å². The van der Waals surface area contributed by atoms with Gasteiger partial charge >= 0.3 is 12.1 Å². The van der Waals surface area contributed by atoms with Crippen LogP contribution < -0.4 is 32.6 Å². The minimum Gasteiger partial charge on any atom is -0.508 e. The van der Waals surface area contributed by atoms with E-state index in [0.29, 0.717) is 79.0 Å². The number of fused-ring (bicyclic) bond motifs is 5. The third-order valence-electron chi connectivity index (χ3n) is 13.2. The minimum atomic E-state index is -2.00. The highest BCUT2D eigenvalue weighted by Gasteiger charge is 2.51. The molecule has 2 atom stereocenters. The first kappa shape index (κ1) is 56.0. The van der Waals surface area contributed by atoms with E-state index >= 15 is 0 Å². The number of phenols is 1. The Morgan fingerprint density at radius 3 is 2.49 bits per heavy atom. The van der Waals surface area contributed by atoms with Crippen LogP contribution in [0.5, 0.6) is 5.75 Å². The van der Waals surface area contributed by atoms with Crippen molar-refractivity contribution in [2.24, 2.45) is 5.73 Å². The van der Waals surface area contributed by atoms with E-state index in [0.717, 1.165) is 16.5 Å². The molecule has 0 aliphatic carbocycles. The number of cyclic esters (lactones) is 1. The highest BCUT2D eigenvalue weighted by Crippen LogP contribution is 2.42. The van der Waals surface area contributed by atoms with Gasteiger partial charge in [0.15, 0.2) is 0 Å². The van der Waals surface area contributed by atoms with Gasteiger partial charge in [0.05, 0.1) is 59.5 Å². The van der Waals surface area contributed by atoms with Crippen molar-refractivity contribution in [3.8, 4) is 17.1 Å². The van der Waals surface area contributed by atoms with Crippen LogP contribution in [0.3, 0.4) is 0 Å². The van der Waals surface area contributed by atoms with E-state index in [-0.39, 0.29) is 62.6 Å². The first-order valence-corrected chi connectivity index (χ1v) is 25.2. The van der Waals surface area contributed by atoms with Crippen molar-refractivity contribution >= 4 is 52.8 Å². The summed E-state index contributed by atoms with van der Waals surface area (Å²) < 4.78 is 31.6. The molecule has 3 aromatic heterocycles. The quantitative estimate of drug-likeness (QED) is 0.0255. The Morgan fingerprint density at radius 2 is 1.76 bits per heavy atom. The molecular weight excluding hydrogens is 985 g/mol. The molecule has 5 heterocycles. The molecule has 23 heteroatoms. The van der Waals surface area contributed by atoms with Crippen molar-refractivity contribution in [1.29, 1.82) is 0 Å². The zero-order valence-electron chi connectivity index (χ0n) is 43.6. The van der Waals surface area contributed by atoms with Crippen molar-refractivity contribution in [1.82, 2.24) is 40.5 Å². The van der Waals surface area contributed by atoms with Crippen LogP contribution >= 0.6 is 0 Å². The zero-order chi connectivity index (χ0) is 54.8. The summed E-state index contributed by atoms with van der Waals surface area (Å²) in [6.45, 7) is 11.1. The van der Waals surface area contributed by atoms with Crippen LogP contribution in [-0.4, -0.2) is 109 Å². The molecule has 0 radical (unpaired) electrons. The van der Waals surface area contributed by atoms with E-state index in [1.807, 2.05) is 20.8 Å². The van der Waals surface area contributed by atoms with Crippen LogP contribution in [0.15, 0.2) is 59.5 Å². The molecule has 0 fully saturated rings. The number of phenolic OH excluding ortho intramolecular Hbond substituents is 1. The summed E-state index contributed by atoms with van der Waals surface area (Å²) in [4.78, 5) is 95.9. The number of ether oxygens (including phenoxy) is 5. The fraction of sp³-hybridized carbons (Fsp3) is 0.472. The number of rotatable bonds is 26. The molecule has 7 rings (SSSR count). The number of hydrogen-bond donors (Lipinski definition) is 6. The standard InChI is InChI=1S/C53H66N10O13/c1-7-36-37-21-35(65)16-17-41(37)58-46-38(36)25-63-43(46)22-40-39(48(63)69)27-73-49(70)53(40,8-2)76-50(71)74-26-32-12-14-33(15-13-32)56-47(68)42(11-9-10-19-54)57-44(66)28-72-29-45(67)59-51(3,4)30-75-52(5,6)18-20-62-24-34(60-61-62)23-55-31-64/h12-17,21-22,24,31,42,65H,7-11,18-20,23,25-30,54H2,1-6H3,(H,55,64)(H,56,68)(H,57,66)(H,59,67). The van der Waals surface area contributed by atoms with Gasteiger partial charge in [-0.05, 0) is 120 Å². The molecule has 2 aliphatic rings. The summed E-state index contributed by atoms with van der Waals surface area (Å²) in [6.07, 6.45) is 3.69. The van der Waals surface area contributed by atoms with Crippen molar-refractivity contribution in [3.05, 3.63) is 98.6 Å². The number of aryl methyl sites for hydroxylation is 2. The Morgan fingerprint density at radius 1 is 1.00 bits per heavy atom. The topological polar surface area (TPSA) is 309 Å². The number of nitrogens with zero attached hydrogens (tertiary/aromatic N) is 5. The lowest BCUT2D eigenvalue weighted by atomic mass is 9.85. The Kier molecular flexibility index (Phi) is 17.9. The first-order chi connectivity index (χ1) is 36.3. The number of benzene rings is 2. The maximum absolute atomic E-state index is 14.1. The van der Waals surface area contributed by atoms with E-state index < -0.39 is 71.4 Å². The maximum Gasteiger partial charge on any atom is 0.510 e. The second-order valence-electron chi connectivity index (χ2n) is 20.0. The van der Waals surface area contributed by atoms with Gasteiger partial charge in [0.1, 0.15) is 43.9 Å². The van der Waals surface area contributed by atoms with Gasteiger partial charge in [-0.1, -0.05) is 31.2 Å². The van der Waals surface area contributed by atoms with Crippen molar-refractivity contribution in [3.63, 3.8) is 0 Å². The molecule has 0 bridgehead atoms. The lowest BCUT2D eigenvalue weighted by molar-refractivity contribution is -0.175. The number of aromatic nitrogens is 5. The van der Waals surface area contributed by atoms with Crippen LogP contribution in [0.2, 0.25) is 0 Å². The summed E-state index contributed by atoms with van der Waals surface area (Å²) in [5.41, 5.74) is 7.18. The number of hydrogen-bond acceptors (Lipinski definition) is 17. The largest absolute Gasteiger partial charge is 0.510 e. The van der Waals surface area contributed by atoms with Crippen LogP contribution in [0.25, 0.3) is 22.3 Å². The second-order valence-corrected chi connectivity index (χ2v) is 20.0. The smallest absolute Gasteiger partial charge is 0.508 e. The SMILES string of the molecule is CCc1c2c(nc3ccc(O)cc13)-c1cc3c(c(=O)n1C2)COC(=O)C3(CC)OC(=O)OCc1ccc(NC(=O)C(CCCCN)NC(=O)COCC(=O)NC(C)(C)COC(C)(C)CCn2cc(CNC=O)nn2)cc1. The van der Waals surface area contributed by atoms with Crippen LogP contribution in [0, 0.1) is 0 Å². The molecular formula is C53H66N10O13. The number of esters is 1. The zero-order valence-corrected chi connectivity index (χ0v) is 43.6. The molecule has 76 heavy (non-hydrogen) atoms. The molecule has 4 amide bonds. The fourth-order valence-electron chi connectivity index (χ4n) is 9.13. The first-order valence-electron chi connectivity index (χ1n) is 25.2. The predicted molar refractivity (Wildman–Crippen MR) is 275 cm³/mol. The van der Waals surface area contributed by atoms with E-state index in [9.17, 15) is 38.7 Å². The third kappa shape index (κ3) is 13.4. The number of carbonyl (C=O) groups is 6. The number of amides is 4. The van der Waals surface area contributed by atoms with Gasteiger partial charge in [-0.15, -0.1) is 5.10 Å². The van der Waals surface area contributed by atoms with Crippen molar-refractivity contribution in [2.75, 3.05) is 31.7 Å². The van der Waals surface area contributed by atoms with Crippen LogP contribution in [-0.2, 0) is 92.5 Å². The Labute approximate surface area is 438 Å². The number of unbranched alkanes of at least 4 members (excludes halogenated alkanes) is 1. The van der Waals surface area contributed by atoms with Crippen molar-refractivity contribution in [2.45, 2.75) is 136 Å². The minimum absolute atomic E-state index is 0.0732. The molecule has 0 spiro atoms. The van der Waals surface area contributed by atoms with Gasteiger partial charge in [0.2, 0.25) is 29.7 Å². The monoisotopic (exact) mass is 1050 g/mol. The van der Waals surface area contributed by atoms with E-state index in [1.165, 1.54) is 0 Å². The molecule has 0 saturated carbocycles. The van der Waals surface area contributed by atoms with Crippen LogP contribution in [0.1, 0.15) is 107 Å². The van der Waals surface area contributed by atoms with Gasteiger partial charge in [-0.25, -0.2) is 14.6 Å². The normalized spacial score (nSPS) is 15.2. The van der Waals surface area contributed by atoms with Gasteiger partial charge < -0.3 is 60.4 Å². The molecule has 5 aromatic rings. The Balaban J connectivity index is 0.893. The summed E-state index contributed by atoms with van der Waals surface area (Å²) in [5, 5.41) is 30.0. The second kappa shape index (κ2) is 24.3. The molecule has 2 unspecified atom stereocenters. The van der Waals surface area contributed by atoms with Gasteiger partial charge in [-0.2, -0.15) is 0 Å². The highest BCUT2D eigenvalue weighted by molar-refractivity contribution is 5.97. The molecule has 2 aliphatic heterocycles. The Hall–Kier alpha value is -7.76. The summed E-state index contributed by atoms with van der Waals surface area (Å²) >= 11 is 0. The van der Waals surface area contributed by atoms with E-state index in [1.54, 1.807) is 84.7 Å². The van der Waals surface area contributed by atoms with Gasteiger partial charge in [-0.3, -0.25) is 28.7 Å². The summed E-state index contributed by atoms with van der Waals surface area (Å²) in [5.74, 6) is -2.35. The molecule has 0 saturated heterocycles. The average Bonchev–Trinajstić information content (AvgIpc) is 4.06. The van der Waals surface area contributed by atoms with E-state index in [4.69, 9.17) is 34.4 Å². The predicted octanol–water partition coefficient (Wildman–Crippen LogP) is 3.90. The number of pyridine rings is 2. The molecule has 2 aromatic carbocycles. The summed E-state index contributed by atoms with van der Waals surface area (Å²) in [7, 11) is 0. The number of nitrogens with one attached hydrogen (secondary N) is 4. The fourth-order valence-corrected chi connectivity index (χ4v) is 9.13. The maximum atomic E-state index is 14.1. The van der Waals surface area contributed by atoms with Gasteiger partial charge in [0, 0.05) is 28.7 Å².